The van der Waals surface area contributed by atoms with Crippen LogP contribution in [0.5, 0.6) is 0 Å². The van der Waals surface area contributed by atoms with Gasteiger partial charge in [0.05, 0.1) is 11.0 Å². The zero-order valence-corrected chi connectivity index (χ0v) is 18.1. The minimum absolute atomic E-state index is 0.0417. The summed E-state index contributed by atoms with van der Waals surface area (Å²) in [5.41, 5.74) is 3.51. The first-order chi connectivity index (χ1) is 13.5. The SMILES string of the molecule is CC(C)(C)c1nc2cc(NSc3ccccc3)ccc2n1CC1CCCCC1. The van der Waals surface area contributed by atoms with E-state index < -0.39 is 0 Å². The average molecular weight is 394 g/mol. The highest BCUT2D eigenvalue weighted by Crippen LogP contribution is 2.32. The van der Waals surface area contributed by atoms with Crippen molar-refractivity contribution in [2.75, 3.05) is 4.72 Å². The van der Waals surface area contributed by atoms with E-state index in [0.29, 0.717) is 0 Å². The molecule has 3 aromatic rings. The molecule has 3 nitrogen and oxygen atoms in total. The monoisotopic (exact) mass is 393 g/mol. The van der Waals surface area contributed by atoms with Crippen molar-refractivity contribution in [2.24, 2.45) is 5.92 Å². The number of nitrogens with zero attached hydrogens (tertiary/aromatic N) is 2. The first kappa shape index (κ1) is 19.4. The van der Waals surface area contributed by atoms with E-state index in [1.165, 1.54) is 48.3 Å². The lowest BCUT2D eigenvalue weighted by Gasteiger charge is -2.26. The number of hydrogen-bond acceptors (Lipinski definition) is 3. The quantitative estimate of drug-likeness (QED) is 0.472. The number of nitrogens with one attached hydrogen (secondary N) is 1. The highest BCUT2D eigenvalue weighted by molar-refractivity contribution is 8.00. The molecular weight excluding hydrogens is 362 g/mol. The molecule has 0 amide bonds. The van der Waals surface area contributed by atoms with Gasteiger partial charge in [0.2, 0.25) is 0 Å². The standard InChI is InChI=1S/C24H31N3S/c1-24(2,3)23-25-21-16-19(26-28-20-12-8-5-9-13-20)14-15-22(21)27(23)17-18-10-6-4-7-11-18/h5,8-9,12-16,18,26H,4,6-7,10-11,17H2,1-3H3. The number of anilines is 1. The lowest BCUT2D eigenvalue weighted by atomic mass is 9.88. The van der Waals surface area contributed by atoms with Gasteiger partial charge in [0.1, 0.15) is 5.82 Å². The maximum atomic E-state index is 5.08. The number of benzene rings is 2. The number of rotatable bonds is 5. The molecule has 2 aromatic carbocycles. The van der Waals surface area contributed by atoms with E-state index in [1.807, 2.05) is 6.07 Å². The summed E-state index contributed by atoms with van der Waals surface area (Å²) in [6.07, 6.45) is 6.88. The average Bonchev–Trinajstić information content (AvgIpc) is 3.06. The molecule has 28 heavy (non-hydrogen) atoms. The first-order valence-corrected chi connectivity index (χ1v) is 11.3. The Morgan fingerprint density at radius 1 is 1.04 bits per heavy atom. The number of fused-ring (bicyclic) bond motifs is 1. The molecule has 1 aromatic heterocycles. The second-order valence-electron chi connectivity index (χ2n) is 9.02. The highest BCUT2D eigenvalue weighted by Gasteiger charge is 2.25. The highest BCUT2D eigenvalue weighted by atomic mass is 32.2. The van der Waals surface area contributed by atoms with E-state index in [4.69, 9.17) is 4.98 Å². The molecule has 1 N–H and O–H groups in total. The normalized spacial score (nSPS) is 15.8. The van der Waals surface area contributed by atoms with E-state index >= 15 is 0 Å². The molecule has 0 radical (unpaired) electrons. The van der Waals surface area contributed by atoms with Gasteiger partial charge in [0.25, 0.3) is 0 Å². The van der Waals surface area contributed by atoms with Crippen LogP contribution in [0.2, 0.25) is 0 Å². The Kier molecular flexibility index (Phi) is 5.68. The minimum Gasteiger partial charge on any atom is -0.327 e. The van der Waals surface area contributed by atoms with Crippen molar-refractivity contribution in [3.05, 3.63) is 54.4 Å². The third-order valence-corrected chi connectivity index (χ3v) is 6.46. The maximum absolute atomic E-state index is 5.08. The van der Waals surface area contributed by atoms with E-state index in [9.17, 15) is 0 Å². The molecule has 0 unspecified atom stereocenters. The zero-order chi connectivity index (χ0) is 19.6. The smallest absolute Gasteiger partial charge is 0.115 e. The summed E-state index contributed by atoms with van der Waals surface area (Å²) in [6, 6.07) is 17.0. The number of hydrogen-bond donors (Lipinski definition) is 1. The van der Waals surface area contributed by atoms with Crippen LogP contribution in [0.25, 0.3) is 11.0 Å². The summed E-state index contributed by atoms with van der Waals surface area (Å²) < 4.78 is 5.97. The van der Waals surface area contributed by atoms with Crippen molar-refractivity contribution in [3.8, 4) is 0 Å². The molecule has 0 saturated heterocycles. The van der Waals surface area contributed by atoms with E-state index in [1.54, 1.807) is 11.9 Å². The molecule has 148 valence electrons. The minimum atomic E-state index is 0.0417. The van der Waals surface area contributed by atoms with Gasteiger partial charge in [0.15, 0.2) is 0 Å². The van der Waals surface area contributed by atoms with Crippen molar-refractivity contribution in [3.63, 3.8) is 0 Å². The summed E-state index contributed by atoms with van der Waals surface area (Å²) in [5.74, 6) is 2.00. The summed E-state index contributed by atoms with van der Waals surface area (Å²) >= 11 is 1.64. The zero-order valence-electron chi connectivity index (χ0n) is 17.2. The molecule has 4 rings (SSSR count). The van der Waals surface area contributed by atoms with Crippen LogP contribution in [-0.4, -0.2) is 9.55 Å². The molecule has 1 aliphatic rings. The lowest BCUT2D eigenvalue weighted by molar-refractivity contribution is 0.313. The van der Waals surface area contributed by atoms with E-state index in [2.05, 4.69) is 72.5 Å². The van der Waals surface area contributed by atoms with Crippen molar-refractivity contribution in [2.45, 2.75) is 69.7 Å². The Balaban J connectivity index is 1.61. The molecule has 0 bridgehead atoms. The Bertz CT molecular complexity index is 918. The molecule has 0 spiro atoms. The van der Waals surface area contributed by atoms with Crippen LogP contribution in [-0.2, 0) is 12.0 Å². The van der Waals surface area contributed by atoms with Gasteiger partial charge in [-0.2, -0.15) is 0 Å². The Morgan fingerprint density at radius 3 is 2.50 bits per heavy atom. The number of imidazole rings is 1. The molecule has 4 heteroatoms. The van der Waals surface area contributed by atoms with Gasteiger partial charge in [-0.15, -0.1) is 0 Å². The van der Waals surface area contributed by atoms with Crippen molar-refractivity contribution in [1.82, 2.24) is 9.55 Å². The van der Waals surface area contributed by atoms with Crippen molar-refractivity contribution < 1.29 is 0 Å². The number of aromatic nitrogens is 2. The molecule has 0 atom stereocenters. The Labute approximate surface area is 173 Å². The van der Waals surface area contributed by atoms with Gasteiger partial charge in [-0.3, -0.25) is 0 Å². The van der Waals surface area contributed by atoms with Crippen LogP contribution >= 0.6 is 11.9 Å². The van der Waals surface area contributed by atoms with E-state index in [-0.39, 0.29) is 5.41 Å². The van der Waals surface area contributed by atoms with Crippen LogP contribution in [0, 0.1) is 5.92 Å². The van der Waals surface area contributed by atoms with Gasteiger partial charge in [-0.1, -0.05) is 58.2 Å². The molecule has 0 aliphatic heterocycles. The van der Waals surface area contributed by atoms with Gasteiger partial charge < -0.3 is 9.29 Å². The largest absolute Gasteiger partial charge is 0.327 e. The van der Waals surface area contributed by atoms with Gasteiger partial charge in [0, 0.05) is 22.5 Å². The fraction of sp³-hybridized carbons (Fsp3) is 0.458. The Morgan fingerprint density at radius 2 is 1.79 bits per heavy atom. The van der Waals surface area contributed by atoms with Crippen LogP contribution in [0.15, 0.2) is 53.4 Å². The van der Waals surface area contributed by atoms with Crippen molar-refractivity contribution >= 4 is 28.7 Å². The summed E-state index contributed by atoms with van der Waals surface area (Å²) in [5, 5.41) is 0. The molecular formula is C24H31N3S. The molecule has 1 aliphatic carbocycles. The fourth-order valence-corrected chi connectivity index (χ4v) is 4.84. The van der Waals surface area contributed by atoms with Gasteiger partial charge in [-0.25, -0.2) is 4.98 Å². The van der Waals surface area contributed by atoms with Crippen LogP contribution in [0.3, 0.4) is 0 Å². The molecule has 1 fully saturated rings. The molecule has 1 heterocycles. The van der Waals surface area contributed by atoms with Crippen LogP contribution in [0.1, 0.15) is 58.7 Å². The summed E-state index contributed by atoms with van der Waals surface area (Å²) in [4.78, 5) is 6.29. The first-order valence-electron chi connectivity index (χ1n) is 10.5. The van der Waals surface area contributed by atoms with Crippen LogP contribution in [0.4, 0.5) is 5.69 Å². The Hall–Kier alpha value is -1.94. The maximum Gasteiger partial charge on any atom is 0.115 e. The third-order valence-electron chi connectivity index (χ3n) is 5.61. The predicted octanol–water partition coefficient (Wildman–Crippen LogP) is 7.03. The fourth-order valence-electron chi connectivity index (χ4n) is 4.18. The van der Waals surface area contributed by atoms with E-state index in [0.717, 1.165) is 23.7 Å². The van der Waals surface area contributed by atoms with Gasteiger partial charge >= 0.3 is 0 Å². The molecule has 1 saturated carbocycles. The predicted molar refractivity (Wildman–Crippen MR) is 121 cm³/mol. The summed E-state index contributed by atoms with van der Waals surface area (Å²) in [6.45, 7) is 7.93. The van der Waals surface area contributed by atoms with Crippen molar-refractivity contribution in [1.29, 1.82) is 0 Å². The lowest BCUT2D eigenvalue weighted by Crippen LogP contribution is -2.22. The van der Waals surface area contributed by atoms with Gasteiger partial charge in [-0.05, 0) is 61.0 Å². The summed E-state index contributed by atoms with van der Waals surface area (Å²) in [7, 11) is 0. The van der Waals surface area contributed by atoms with Crippen LogP contribution < -0.4 is 4.72 Å². The third kappa shape index (κ3) is 4.38. The topological polar surface area (TPSA) is 29.9 Å². The second kappa shape index (κ2) is 8.20. The second-order valence-corrected chi connectivity index (χ2v) is 9.90.